The fraction of sp³-hybridized carbons (Fsp3) is 0.500. The second-order valence-corrected chi connectivity index (χ2v) is 4.01. The van der Waals surface area contributed by atoms with Gasteiger partial charge < -0.3 is 9.47 Å². The molecule has 3 heteroatoms. The highest BCUT2D eigenvalue weighted by Crippen LogP contribution is 2.12. The van der Waals surface area contributed by atoms with Crippen molar-refractivity contribution in [3.8, 4) is 5.75 Å². The highest BCUT2D eigenvalue weighted by Gasteiger charge is 2.03. The predicted octanol–water partition coefficient (Wildman–Crippen LogP) is 2.62. The Morgan fingerprint density at radius 2 is 1.82 bits per heavy atom. The lowest BCUT2D eigenvalue weighted by Crippen LogP contribution is -2.03. The second-order valence-electron chi connectivity index (χ2n) is 4.01. The molecule has 1 aromatic carbocycles. The maximum atomic E-state index is 11.7. The van der Waals surface area contributed by atoms with E-state index in [0.717, 1.165) is 30.8 Å². The number of Topliss-reactive ketones (excluding diaryl/α,β-unsaturated/α-hetero) is 1. The smallest absolute Gasteiger partial charge is 0.137 e. The van der Waals surface area contributed by atoms with Crippen LogP contribution in [0.4, 0.5) is 0 Å². The summed E-state index contributed by atoms with van der Waals surface area (Å²) in [5.41, 5.74) is 1.04. The van der Waals surface area contributed by atoms with Crippen molar-refractivity contribution in [2.24, 2.45) is 0 Å². The third-order valence-corrected chi connectivity index (χ3v) is 2.61. The van der Waals surface area contributed by atoms with Gasteiger partial charge in [0.2, 0.25) is 0 Å². The molecule has 1 aromatic rings. The van der Waals surface area contributed by atoms with Crippen LogP contribution in [0.1, 0.15) is 24.8 Å². The van der Waals surface area contributed by atoms with Crippen LogP contribution in [0.3, 0.4) is 0 Å². The molecule has 94 valence electrons. The van der Waals surface area contributed by atoms with Gasteiger partial charge in [0.25, 0.3) is 0 Å². The van der Waals surface area contributed by atoms with E-state index in [0.29, 0.717) is 12.8 Å². The molecule has 0 atom stereocenters. The lowest BCUT2D eigenvalue weighted by molar-refractivity contribution is -0.118. The maximum absolute atomic E-state index is 11.7. The number of hydrogen-bond donors (Lipinski definition) is 0. The fourth-order valence-electron chi connectivity index (χ4n) is 1.63. The van der Waals surface area contributed by atoms with Crippen LogP contribution in [0.5, 0.6) is 5.75 Å². The summed E-state index contributed by atoms with van der Waals surface area (Å²) in [5.74, 6) is 1.10. The Bertz CT molecular complexity index is 330. The number of benzene rings is 1. The van der Waals surface area contributed by atoms with Gasteiger partial charge in [-0.05, 0) is 30.5 Å². The molecular weight excluding hydrogens is 216 g/mol. The first-order valence-corrected chi connectivity index (χ1v) is 5.90. The molecule has 0 N–H and O–H groups in total. The molecule has 0 amide bonds. The third kappa shape index (κ3) is 5.50. The Hall–Kier alpha value is -1.35. The van der Waals surface area contributed by atoms with E-state index in [4.69, 9.17) is 9.47 Å². The van der Waals surface area contributed by atoms with Crippen molar-refractivity contribution >= 4 is 5.78 Å². The highest BCUT2D eigenvalue weighted by atomic mass is 16.5. The SMILES string of the molecule is COCCCCC(=O)Cc1ccc(OC)cc1. The first kappa shape index (κ1) is 13.7. The van der Waals surface area contributed by atoms with Crippen molar-refractivity contribution in [3.05, 3.63) is 29.8 Å². The van der Waals surface area contributed by atoms with E-state index in [1.165, 1.54) is 0 Å². The minimum Gasteiger partial charge on any atom is -0.497 e. The Morgan fingerprint density at radius 3 is 2.41 bits per heavy atom. The van der Waals surface area contributed by atoms with Crippen LogP contribution in [0, 0.1) is 0 Å². The minimum atomic E-state index is 0.284. The first-order chi connectivity index (χ1) is 8.26. The van der Waals surface area contributed by atoms with Crippen LogP contribution < -0.4 is 4.74 Å². The Kier molecular flexibility index (Phi) is 6.33. The lowest BCUT2D eigenvalue weighted by atomic mass is 10.0. The Morgan fingerprint density at radius 1 is 1.12 bits per heavy atom. The van der Waals surface area contributed by atoms with Crippen molar-refractivity contribution in [2.45, 2.75) is 25.7 Å². The Balaban J connectivity index is 2.29. The van der Waals surface area contributed by atoms with Crippen LogP contribution in [-0.4, -0.2) is 26.6 Å². The number of hydrogen-bond acceptors (Lipinski definition) is 3. The average Bonchev–Trinajstić information content (AvgIpc) is 2.36. The molecule has 0 fully saturated rings. The van der Waals surface area contributed by atoms with Crippen LogP contribution in [0.25, 0.3) is 0 Å². The van der Waals surface area contributed by atoms with E-state index in [2.05, 4.69) is 0 Å². The molecule has 0 aliphatic rings. The van der Waals surface area contributed by atoms with Gasteiger partial charge in [-0.2, -0.15) is 0 Å². The van der Waals surface area contributed by atoms with E-state index in [-0.39, 0.29) is 5.78 Å². The molecular formula is C14H20O3. The largest absolute Gasteiger partial charge is 0.497 e. The van der Waals surface area contributed by atoms with Gasteiger partial charge in [-0.15, -0.1) is 0 Å². The summed E-state index contributed by atoms with van der Waals surface area (Å²) in [6, 6.07) is 7.64. The Labute approximate surface area is 103 Å². The number of ether oxygens (including phenoxy) is 2. The zero-order valence-electron chi connectivity index (χ0n) is 10.6. The van der Waals surface area contributed by atoms with Crippen molar-refractivity contribution in [1.29, 1.82) is 0 Å². The summed E-state index contributed by atoms with van der Waals surface area (Å²) in [7, 11) is 3.31. The van der Waals surface area contributed by atoms with E-state index in [1.807, 2.05) is 24.3 Å². The van der Waals surface area contributed by atoms with E-state index in [1.54, 1.807) is 14.2 Å². The third-order valence-electron chi connectivity index (χ3n) is 2.61. The van der Waals surface area contributed by atoms with E-state index in [9.17, 15) is 4.79 Å². The van der Waals surface area contributed by atoms with Crippen LogP contribution in [0.15, 0.2) is 24.3 Å². The summed E-state index contributed by atoms with van der Waals surface area (Å²) in [5, 5.41) is 0. The van der Waals surface area contributed by atoms with Gasteiger partial charge in [0.05, 0.1) is 7.11 Å². The summed E-state index contributed by atoms with van der Waals surface area (Å²) in [6.45, 7) is 0.732. The van der Waals surface area contributed by atoms with Gasteiger partial charge in [0, 0.05) is 26.6 Å². The van der Waals surface area contributed by atoms with Gasteiger partial charge in [0.15, 0.2) is 0 Å². The molecule has 0 heterocycles. The summed E-state index contributed by atoms with van der Waals surface area (Å²) in [4.78, 5) is 11.7. The van der Waals surface area contributed by atoms with Crippen molar-refractivity contribution in [2.75, 3.05) is 20.8 Å². The number of rotatable bonds is 8. The van der Waals surface area contributed by atoms with Crippen molar-refractivity contribution < 1.29 is 14.3 Å². The molecule has 0 aromatic heterocycles. The standard InChI is InChI=1S/C14H20O3/c1-16-10-4-3-5-13(15)11-12-6-8-14(17-2)9-7-12/h6-9H,3-5,10-11H2,1-2H3. The number of ketones is 1. The highest BCUT2D eigenvalue weighted by molar-refractivity contribution is 5.80. The molecule has 0 unspecified atom stereocenters. The summed E-state index contributed by atoms with van der Waals surface area (Å²) < 4.78 is 10.0. The fourth-order valence-corrected chi connectivity index (χ4v) is 1.63. The molecule has 0 bridgehead atoms. The molecule has 3 nitrogen and oxygen atoms in total. The zero-order valence-corrected chi connectivity index (χ0v) is 10.6. The minimum absolute atomic E-state index is 0.284. The van der Waals surface area contributed by atoms with Crippen molar-refractivity contribution in [3.63, 3.8) is 0 Å². The van der Waals surface area contributed by atoms with E-state index < -0.39 is 0 Å². The molecule has 17 heavy (non-hydrogen) atoms. The maximum Gasteiger partial charge on any atom is 0.137 e. The normalized spacial score (nSPS) is 10.2. The molecule has 0 radical (unpaired) electrons. The molecule has 1 rings (SSSR count). The van der Waals surface area contributed by atoms with Crippen LogP contribution in [-0.2, 0) is 16.0 Å². The predicted molar refractivity (Wildman–Crippen MR) is 67.4 cm³/mol. The van der Waals surface area contributed by atoms with Gasteiger partial charge in [-0.25, -0.2) is 0 Å². The first-order valence-electron chi connectivity index (χ1n) is 5.90. The zero-order chi connectivity index (χ0) is 12.5. The number of carbonyl (C=O) groups excluding carboxylic acids is 1. The monoisotopic (exact) mass is 236 g/mol. The number of carbonyl (C=O) groups is 1. The lowest BCUT2D eigenvalue weighted by Gasteiger charge is -2.03. The number of unbranched alkanes of at least 4 members (excludes halogenated alkanes) is 1. The second kappa shape index (κ2) is 7.85. The van der Waals surface area contributed by atoms with Crippen LogP contribution in [0.2, 0.25) is 0 Å². The van der Waals surface area contributed by atoms with Crippen molar-refractivity contribution in [1.82, 2.24) is 0 Å². The topological polar surface area (TPSA) is 35.5 Å². The quantitative estimate of drug-likeness (QED) is 0.651. The molecule has 0 aliphatic heterocycles. The molecule has 0 spiro atoms. The average molecular weight is 236 g/mol. The van der Waals surface area contributed by atoms with Crippen LogP contribution >= 0.6 is 0 Å². The van der Waals surface area contributed by atoms with E-state index >= 15 is 0 Å². The number of methoxy groups -OCH3 is 2. The van der Waals surface area contributed by atoms with Gasteiger partial charge >= 0.3 is 0 Å². The molecule has 0 saturated carbocycles. The van der Waals surface area contributed by atoms with Gasteiger partial charge in [0.1, 0.15) is 11.5 Å². The molecule has 0 saturated heterocycles. The molecule has 0 aliphatic carbocycles. The summed E-state index contributed by atoms with van der Waals surface area (Å²) >= 11 is 0. The summed E-state index contributed by atoms with van der Waals surface area (Å²) in [6.07, 6.45) is 3.00. The van der Waals surface area contributed by atoms with Gasteiger partial charge in [-0.1, -0.05) is 12.1 Å². The van der Waals surface area contributed by atoms with Gasteiger partial charge in [-0.3, -0.25) is 4.79 Å².